The molecule has 31 heavy (non-hydrogen) atoms. The van der Waals surface area contributed by atoms with E-state index in [1.54, 1.807) is 0 Å². The molecule has 6 nitrogen and oxygen atoms in total. The number of benzene rings is 2. The summed E-state index contributed by atoms with van der Waals surface area (Å²) in [6.45, 7) is 5.94. The van der Waals surface area contributed by atoms with Crippen molar-refractivity contribution in [1.82, 2.24) is 20.4 Å². The summed E-state index contributed by atoms with van der Waals surface area (Å²) in [7, 11) is 1.38. The first kappa shape index (κ1) is 20.8. The van der Waals surface area contributed by atoms with E-state index in [4.69, 9.17) is 22.1 Å². The Morgan fingerprint density at radius 1 is 1.13 bits per heavy atom. The van der Waals surface area contributed by atoms with Crippen LogP contribution in [0.15, 0.2) is 66.0 Å². The van der Waals surface area contributed by atoms with Gasteiger partial charge in [0.25, 0.3) is 0 Å². The zero-order valence-corrected chi connectivity index (χ0v) is 18.7. The van der Waals surface area contributed by atoms with E-state index in [9.17, 15) is 4.79 Å². The minimum absolute atomic E-state index is 0.413. The van der Waals surface area contributed by atoms with E-state index in [2.05, 4.69) is 42.7 Å². The van der Waals surface area contributed by atoms with E-state index < -0.39 is 12.0 Å². The summed E-state index contributed by atoms with van der Waals surface area (Å²) in [4.78, 5) is 12.7. The van der Waals surface area contributed by atoms with Crippen LogP contribution in [0.1, 0.15) is 29.7 Å². The molecule has 4 rings (SSSR count). The lowest BCUT2D eigenvalue weighted by atomic mass is 9.92. The highest BCUT2D eigenvalue weighted by Gasteiger charge is 2.34. The van der Waals surface area contributed by atoms with Crippen molar-refractivity contribution in [2.75, 3.05) is 7.11 Å². The molecule has 2 aromatic carbocycles. The van der Waals surface area contributed by atoms with E-state index in [-0.39, 0.29) is 0 Å². The average molecular weight is 433 g/mol. The van der Waals surface area contributed by atoms with Crippen molar-refractivity contribution in [2.45, 2.75) is 26.8 Å². The number of carbonyl (C=O) groups is 1. The molecule has 0 spiro atoms. The SMILES string of the molecule is COC(=O)C1=C(C)NC(=S)N[C@H]1c1cn(-c2ccccc2)nc1-c1cc(C)ccc1C. The van der Waals surface area contributed by atoms with Crippen LogP contribution in [0, 0.1) is 13.8 Å². The Labute approximate surface area is 186 Å². The molecule has 0 saturated heterocycles. The van der Waals surface area contributed by atoms with E-state index in [1.165, 1.54) is 7.11 Å². The van der Waals surface area contributed by atoms with Gasteiger partial charge in [0.15, 0.2) is 5.11 Å². The minimum atomic E-state index is -0.492. The number of allylic oxidation sites excluding steroid dienone is 1. The third kappa shape index (κ3) is 3.96. The molecule has 158 valence electrons. The van der Waals surface area contributed by atoms with Gasteiger partial charge >= 0.3 is 5.97 Å². The number of rotatable bonds is 4. The maximum absolute atomic E-state index is 12.7. The number of carbonyl (C=O) groups excluding carboxylic acids is 1. The van der Waals surface area contributed by atoms with Gasteiger partial charge in [-0.05, 0) is 56.8 Å². The first-order valence-corrected chi connectivity index (χ1v) is 10.4. The largest absolute Gasteiger partial charge is 0.466 e. The Hall–Kier alpha value is -3.45. The molecule has 0 amide bonds. The highest BCUT2D eigenvalue weighted by atomic mass is 32.1. The molecule has 0 aliphatic carbocycles. The second kappa shape index (κ2) is 8.35. The van der Waals surface area contributed by atoms with Gasteiger partial charge in [-0.15, -0.1) is 0 Å². The van der Waals surface area contributed by atoms with Crippen LogP contribution in [-0.4, -0.2) is 28.0 Å². The van der Waals surface area contributed by atoms with E-state index in [0.29, 0.717) is 16.4 Å². The number of hydrogen-bond acceptors (Lipinski definition) is 4. The Kier molecular flexibility index (Phi) is 5.61. The summed E-state index contributed by atoms with van der Waals surface area (Å²) >= 11 is 5.41. The lowest BCUT2D eigenvalue weighted by Crippen LogP contribution is -2.45. The van der Waals surface area contributed by atoms with Gasteiger partial charge in [-0.25, -0.2) is 9.48 Å². The number of aryl methyl sites for hydroxylation is 2. The van der Waals surface area contributed by atoms with Gasteiger partial charge in [0.1, 0.15) is 0 Å². The summed E-state index contributed by atoms with van der Waals surface area (Å²) < 4.78 is 6.92. The molecular formula is C24H24N4O2S. The molecule has 1 aliphatic rings. The van der Waals surface area contributed by atoms with E-state index in [0.717, 1.165) is 33.6 Å². The van der Waals surface area contributed by atoms with Crippen LogP contribution in [0.3, 0.4) is 0 Å². The molecule has 0 bridgehead atoms. The topological polar surface area (TPSA) is 68.2 Å². The molecule has 0 fully saturated rings. The van der Waals surface area contributed by atoms with Crippen molar-refractivity contribution < 1.29 is 9.53 Å². The van der Waals surface area contributed by atoms with Gasteiger partial charge in [0.2, 0.25) is 0 Å². The summed E-state index contributed by atoms with van der Waals surface area (Å²) in [6.07, 6.45) is 1.95. The number of hydrogen-bond donors (Lipinski definition) is 2. The van der Waals surface area contributed by atoms with Gasteiger partial charge in [0, 0.05) is 23.0 Å². The fraction of sp³-hybridized carbons (Fsp3) is 0.208. The van der Waals surface area contributed by atoms with Gasteiger partial charge < -0.3 is 15.4 Å². The third-order valence-corrected chi connectivity index (χ3v) is 5.62. The minimum Gasteiger partial charge on any atom is -0.466 e. The number of nitrogens with one attached hydrogen (secondary N) is 2. The zero-order valence-electron chi connectivity index (χ0n) is 17.9. The predicted molar refractivity (Wildman–Crippen MR) is 125 cm³/mol. The normalized spacial score (nSPS) is 16.0. The number of aromatic nitrogens is 2. The number of nitrogens with zero attached hydrogens (tertiary/aromatic N) is 2. The number of methoxy groups -OCH3 is 1. The predicted octanol–water partition coefficient (Wildman–Crippen LogP) is 4.12. The van der Waals surface area contributed by atoms with Gasteiger partial charge in [0.05, 0.1) is 30.1 Å². The fourth-order valence-corrected chi connectivity index (χ4v) is 4.09. The van der Waals surface area contributed by atoms with E-state index >= 15 is 0 Å². The molecule has 1 aromatic heterocycles. The molecule has 0 unspecified atom stereocenters. The number of thiocarbonyl (C=S) groups is 1. The Morgan fingerprint density at radius 2 is 1.87 bits per heavy atom. The molecule has 2 heterocycles. The van der Waals surface area contributed by atoms with Crippen LogP contribution in [0.2, 0.25) is 0 Å². The standard InChI is InChI=1S/C24H24N4O2S/c1-14-10-11-15(2)18(12-14)21-19(13-28(27-21)17-8-6-5-7-9-17)22-20(23(29)30-4)16(3)25-24(31)26-22/h5-13,22H,1-4H3,(H2,25,26,31)/t22-/m0/s1. The van der Waals surface area contributed by atoms with Crippen molar-refractivity contribution in [3.05, 3.63) is 82.7 Å². The number of para-hydroxylation sites is 1. The van der Waals surface area contributed by atoms with Crippen LogP contribution >= 0.6 is 12.2 Å². The first-order chi connectivity index (χ1) is 14.9. The maximum Gasteiger partial charge on any atom is 0.337 e. The Morgan fingerprint density at radius 3 is 2.58 bits per heavy atom. The van der Waals surface area contributed by atoms with Crippen molar-refractivity contribution in [3.8, 4) is 16.9 Å². The molecule has 1 aliphatic heterocycles. The summed E-state index contributed by atoms with van der Waals surface area (Å²) in [5, 5.41) is 11.7. The molecular weight excluding hydrogens is 408 g/mol. The van der Waals surface area contributed by atoms with Crippen molar-refractivity contribution in [3.63, 3.8) is 0 Å². The molecule has 0 radical (unpaired) electrons. The molecule has 0 saturated carbocycles. The van der Waals surface area contributed by atoms with E-state index in [1.807, 2.05) is 48.1 Å². The zero-order chi connectivity index (χ0) is 22.1. The molecule has 2 N–H and O–H groups in total. The Bertz CT molecular complexity index is 1200. The lowest BCUT2D eigenvalue weighted by molar-refractivity contribution is -0.136. The molecule has 7 heteroatoms. The summed E-state index contributed by atoms with van der Waals surface area (Å²) in [5.74, 6) is -0.413. The fourth-order valence-electron chi connectivity index (χ4n) is 3.82. The quantitative estimate of drug-likeness (QED) is 0.478. The summed E-state index contributed by atoms with van der Waals surface area (Å²) in [5.41, 5.74) is 6.96. The van der Waals surface area contributed by atoms with Gasteiger partial charge in [-0.3, -0.25) is 0 Å². The van der Waals surface area contributed by atoms with Crippen LogP contribution < -0.4 is 10.6 Å². The van der Waals surface area contributed by atoms with Crippen LogP contribution in [0.5, 0.6) is 0 Å². The summed E-state index contributed by atoms with van der Waals surface area (Å²) in [6, 6.07) is 15.7. The highest BCUT2D eigenvalue weighted by molar-refractivity contribution is 7.80. The van der Waals surface area contributed by atoms with Gasteiger partial charge in [-0.2, -0.15) is 5.10 Å². The number of ether oxygens (including phenoxy) is 1. The van der Waals surface area contributed by atoms with Gasteiger partial charge in [-0.1, -0.05) is 35.9 Å². The highest BCUT2D eigenvalue weighted by Crippen LogP contribution is 2.36. The van der Waals surface area contributed by atoms with Crippen LogP contribution in [0.4, 0.5) is 0 Å². The second-order valence-electron chi connectivity index (χ2n) is 7.59. The van der Waals surface area contributed by atoms with Crippen molar-refractivity contribution in [1.29, 1.82) is 0 Å². The smallest absolute Gasteiger partial charge is 0.337 e. The number of esters is 1. The monoisotopic (exact) mass is 432 g/mol. The van der Waals surface area contributed by atoms with Crippen LogP contribution in [-0.2, 0) is 9.53 Å². The van der Waals surface area contributed by atoms with Crippen molar-refractivity contribution in [2.24, 2.45) is 0 Å². The Balaban J connectivity index is 1.97. The molecule has 3 aromatic rings. The van der Waals surface area contributed by atoms with Crippen LogP contribution in [0.25, 0.3) is 16.9 Å². The average Bonchev–Trinajstić information content (AvgIpc) is 3.20. The lowest BCUT2D eigenvalue weighted by Gasteiger charge is -2.29. The maximum atomic E-state index is 12.7. The third-order valence-electron chi connectivity index (χ3n) is 5.40. The first-order valence-electron chi connectivity index (χ1n) is 9.98. The molecule has 1 atom stereocenters. The second-order valence-corrected chi connectivity index (χ2v) is 8.00. The van der Waals surface area contributed by atoms with Crippen molar-refractivity contribution >= 4 is 23.3 Å².